The molecular formula is C14H17NO6. The van der Waals surface area contributed by atoms with Crippen LogP contribution in [0.5, 0.6) is 0 Å². The average molecular weight is 295 g/mol. The summed E-state index contributed by atoms with van der Waals surface area (Å²) < 4.78 is 14.8. The first-order chi connectivity index (χ1) is 9.95. The molecule has 1 aromatic heterocycles. The molecule has 1 aliphatic rings. The number of esters is 3. The molecule has 2 rings (SSSR count). The zero-order valence-electron chi connectivity index (χ0n) is 12.1. The highest BCUT2D eigenvalue weighted by Gasteiger charge is 2.32. The number of rotatable bonds is 4. The number of nitrogens with one attached hydrogen (secondary N) is 1. The predicted molar refractivity (Wildman–Crippen MR) is 71.0 cm³/mol. The number of aromatic nitrogens is 1. The van der Waals surface area contributed by atoms with E-state index in [1.54, 1.807) is 20.8 Å². The number of ether oxygens (including phenoxy) is 3. The Kier molecular flexibility index (Phi) is 4.30. The van der Waals surface area contributed by atoms with Crippen molar-refractivity contribution in [2.24, 2.45) is 0 Å². The van der Waals surface area contributed by atoms with Gasteiger partial charge in [0.05, 0.1) is 18.8 Å². The van der Waals surface area contributed by atoms with Gasteiger partial charge in [-0.15, -0.1) is 0 Å². The highest BCUT2D eigenvalue weighted by atomic mass is 16.6. The van der Waals surface area contributed by atoms with Crippen molar-refractivity contribution in [3.8, 4) is 0 Å². The van der Waals surface area contributed by atoms with Crippen molar-refractivity contribution in [2.75, 3.05) is 13.2 Å². The summed E-state index contributed by atoms with van der Waals surface area (Å²) in [4.78, 5) is 38.1. The average Bonchev–Trinajstić information content (AvgIpc) is 2.94. The monoisotopic (exact) mass is 295 g/mol. The molecule has 0 unspecified atom stereocenters. The lowest BCUT2D eigenvalue weighted by molar-refractivity contribution is -0.145. The Morgan fingerprint density at radius 1 is 1.33 bits per heavy atom. The minimum Gasteiger partial charge on any atom is -0.463 e. The molecule has 1 aromatic rings. The van der Waals surface area contributed by atoms with Crippen molar-refractivity contribution >= 4 is 17.9 Å². The number of aromatic amines is 1. The van der Waals surface area contributed by atoms with Gasteiger partial charge in [0.25, 0.3) is 0 Å². The number of carbonyl (C=O) groups is 3. The number of hydrogen-bond acceptors (Lipinski definition) is 6. The SMILES string of the molecule is CCOC(=O)c1[nH]c(C)c(C(=O)O[C@H]2CCOC2=O)c1C. The second-order valence-electron chi connectivity index (χ2n) is 4.70. The van der Waals surface area contributed by atoms with Crippen LogP contribution < -0.4 is 0 Å². The summed E-state index contributed by atoms with van der Waals surface area (Å²) in [6.45, 7) is 5.46. The third-order valence-electron chi connectivity index (χ3n) is 3.26. The smallest absolute Gasteiger partial charge is 0.355 e. The van der Waals surface area contributed by atoms with Gasteiger partial charge in [-0.1, -0.05) is 0 Å². The predicted octanol–water partition coefficient (Wildman–Crippen LogP) is 1.28. The van der Waals surface area contributed by atoms with Gasteiger partial charge in [-0.2, -0.15) is 0 Å². The third-order valence-corrected chi connectivity index (χ3v) is 3.26. The van der Waals surface area contributed by atoms with Crippen LogP contribution in [-0.4, -0.2) is 42.2 Å². The first kappa shape index (κ1) is 15.1. The van der Waals surface area contributed by atoms with Crippen LogP contribution in [0.3, 0.4) is 0 Å². The zero-order chi connectivity index (χ0) is 15.6. The molecule has 1 saturated heterocycles. The van der Waals surface area contributed by atoms with Crippen molar-refractivity contribution in [3.05, 3.63) is 22.5 Å². The number of carbonyl (C=O) groups excluding carboxylic acids is 3. The fourth-order valence-electron chi connectivity index (χ4n) is 2.24. The molecule has 0 aromatic carbocycles. The quantitative estimate of drug-likeness (QED) is 0.664. The van der Waals surface area contributed by atoms with Gasteiger partial charge >= 0.3 is 17.9 Å². The third kappa shape index (κ3) is 2.91. The lowest BCUT2D eigenvalue weighted by Crippen LogP contribution is -2.23. The first-order valence-electron chi connectivity index (χ1n) is 6.69. The molecule has 1 atom stereocenters. The van der Waals surface area contributed by atoms with Crippen molar-refractivity contribution in [1.82, 2.24) is 4.98 Å². The molecule has 0 saturated carbocycles. The summed E-state index contributed by atoms with van der Waals surface area (Å²) in [7, 11) is 0. The zero-order valence-corrected chi connectivity index (χ0v) is 12.1. The Labute approximate surface area is 121 Å². The van der Waals surface area contributed by atoms with Gasteiger partial charge in [-0.25, -0.2) is 14.4 Å². The summed E-state index contributed by atoms with van der Waals surface area (Å²) in [6.07, 6.45) is -0.532. The highest BCUT2D eigenvalue weighted by Crippen LogP contribution is 2.22. The van der Waals surface area contributed by atoms with Crippen LogP contribution in [0.4, 0.5) is 0 Å². The molecule has 0 amide bonds. The van der Waals surface area contributed by atoms with E-state index in [0.717, 1.165) is 0 Å². The Hall–Kier alpha value is -2.31. The van der Waals surface area contributed by atoms with Gasteiger partial charge in [-0.3, -0.25) is 0 Å². The standard InChI is InChI=1S/C14H17NO6/c1-4-19-14(18)11-7(2)10(8(3)15-11)13(17)21-9-5-6-20-12(9)16/h9,15H,4-6H2,1-3H3/t9-/m0/s1. The molecule has 1 N–H and O–H groups in total. The largest absolute Gasteiger partial charge is 0.463 e. The van der Waals surface area contributed by atoms with Crippen LogP contribution in [0, 0.1) is 13.8 Å². The summed E-state index contributed by atoms with van der Waals surface area (Å²) in [5, 5.41) is 0. The van der Waals surface area contributed by atoms with Crippen molar-refractivity contribution in [1.29, 1.82) is 0 Å². The molecule has 1 aliphatic heterocycles. The lowest BCUT2D eigenvalue weighted by atomic mass is 10.1. The molecular weight excluding hydrogens is 278 g/mol. The molecule has 0 bridgehead atoms. The number of hydrogen-bond donors (Lipinski definition) is 1. The van der Waals surface area contributed by atoms with Crippen molar-refractivity contribution < 1.29 is 28.6 Å². The molecule has 1 fully saturated rings. The van der Waals surface area contributed by atoms with Crippen molar-refractivity contribution in [2.45, 2.75) is 33.3 Å². The molecule has 114 valence electrons. The van der Waals surface area contributed by atoms with Gasteiger partial charge < -0.3 is 19.2 Å². The van der Waals surface area contributed by atoms with Crippen LogP contribution in [0.1, 0.15) is 45.4 Å². The number of aryl methyl sites for hydroxylation is 1. The Balaban J connectivity index is 2.21. The Morgan fingerprint density at radius 3 is 2.62 bits per heavy atom. The minimum absolute atomic E-state index is 0.218. The van der Waals surface area contributed by atoms with E-state index in [2.05, 4.69) is 4.98 Å². The topological polar surface area (TPSA) is 94.7 Å². The molecule has 2 heterocycles. The molecule has 7 heteroatoms. The maximum atomic E-state index is 12.2. The van der Waals surface area contributed by atoms with Crippen molar-refractivity contribution in [3.63, 3.8) is 0 Å². The summed E-state index contributed by atoms with van der Waals surface area (Å²) in [5.41, 5.74) is 1.40. The maximum absolute atomic E-state index is 12.2. The second-order valence-corrected chi connectivity index (χ2v) is 4.70. The number of cyclic esters (lactones) is 1. The summed E-state index contributed by atoms with van der Waals surface area (Å²) in [6, 6.07) is 0. The van der Waals surface area contributed by atoms with Gasteiger partial charge in [0.1, 0.15) is 5.69 Å². The van der Waals surface area contributed by atoms with Crippen LogP contribution in [0.25, 0.3) is 0 Å². The van der Waals surface area contributed by atoms with E-state index in [0.29, 0.717) is 17.7 Å². The van der Waals surface area contributed by atoms with E-state index in [1.807, 2.05) is 0 Å². The van der Waals surface area contributed by atoms with E-state index < -0.39 is 24.0 Å². The molecule has 0 radical (unpaired) electrons. The lowest BCUT2D eigenvalue weighted by Gasteiger charge is -2.08. The molecule has 7 nitrogen and oxygen atoms in total. The summed E-state index contributed by atoms with van der Waals surface area (Å²) in [5.74, 6) is -1.72. The fourth-order valence-corrected chi connectivity index (χ4v) is 2.24. The van der Waals surface area contributed by atoms with Gasteiger partial charge in [-0.05, 0) is 26.3 Å². The van der Waals surface area contributed by atoms with E-state index in [9.17, 15) is 14.4 Å². The van der Waals surface area contributed by atoms with E-state index in [4.69, 9.17) is 14.2 Å². The molecule has 0 spiro atoms. The van der Waals surface area contributed by atoms with Gasteiger partial charge in [0.2, 0.25) is 6.10 Å². The van der Waals surface area contributed by atoms with Crippen LogP contribution in [0.15, 0.2) is 0 Å². The second kappa shape index (κ2) is 5.99. The first-order valence-corrected chi connectivity index (χ1v) is 6.69. The van der Waals surface area contributed by atoms with Crippen LogP contribution in [0.2, 0.25) is 0 Å². The maximum Gasteiger partial charge on any atom is 0.355 e. The van der Waals surface area contributed by atoms with Gasteiger partial charge in [0, 0.05) is 12.1 Å². The molecule has 21 heavy (non-hydrogen) atoms. The van der Waals surface area contributed by atoms with Gasteiger partial charge in [0.15, 0.2) is 0 Å². The van der Waals surface area contributed by atoms with Crippen LogP contribution >= 0.6 is 0 Å². The highest BCUT2D eigenvalue weighted by molar-refractivity contribution is 5.99. The number of H-pyrrole nitrogens is 1. The van der Waals surface area contributed by atoms with E-state index in [1.165, 1.54) is 0 Å². The van der Waals surface area contributed by atoms with E-state index in [-0.39, 0.29) is 24.5 Å². The fraction of sp³-hybridized carbons (Fsp3) is 0.500. The van der Waals surface area contributed by atoms with Crippen LogP contribution in [-0.2, 0) is 19.0 Å². The Morgan fingerprint density at radius 2 is 2.05 bits per heavy atom. The molecule has 0 aliphatic carbocycles. The summed E-state index contributed by atoms with van der Waals surface area (Å²) >= 11 is 0. The minimum atomic E-state index is -0.878. The van der Waals surface area contributed by atoms with E-state index >= 15 is 0 Å². The normalized spacial score (nSPS) is 17.5. The Bertz CT molecular complexity index is 589.